The van der Waals surface area contributed by atoms with Gasteiger partial charge in [0, 0.05) is 48.0 Å². The highest BCUT2D eigenvalue weighted by molar-refractivity contribution is 6.01. The van der Waals surface area contributed by atoms with Crippen molar-refractivity contribution in [2.75, 3.05) is 28.3 Å². The van der Waals surface area contributed by atoms with Gasteiger partial charge in [-0.2, -0.15) is 0 Å². The topological polar surface area (TPSA) is 286 Å². The van der Waals surface area contributed by atoms with Crippen LogP contribution in [0.1, 0.15) is 81.2 Å². The number of cyclic esters (lactones) is 2. The predicted octanol–water partition coefficient (Wildman–Crippen LogP) is -0.259. The number of carbonyl (C=O) groups is 10. The van der Waals surface area contributed by atoms with Gasteiger partial charge in [-0.15, -0.1) is 0 Å². The lowest BCUT2D eigenvalue weighted by atomic mass is 9.95. The zero-order valence-electron chi connectivity index (χ0n) is 42.0. The molecule has 0 unspecified atom stereocenters. The zero-order valence-corrected chi connectivity index (χ0v) is 42.0. The molecule has 2 rings (SSSR count). The number of aliphatic hydroxyl groups is 1. The Morgan fingerprint density at radius 2 is 1.43 bits per heavy atom. The summed E-state index contributed by atoms with van der Waals surface area (Å²) >= 11 is 0. The van der Waals surface area contributed by atoms with E-state index in [1.54, 1.807) is 58.0 Å². The van der Waals surface area contributed by atoms with E-state index in [-0.39, 0.29) is 12.8 Å². The molecule has 0 radical (unpaired) electrons. The van der Waals surface area contributed by atoms with Crippen molar-refractivity contribution in [3.05, 3.63) is 48.2 Å². The van der Waals surface area contributed by atoms with Gasteiger partial charge in [-0.3, -0.25) is 33.6 Å². The summed E-state index contributed by atoms with van der Waals surface area (Å²) < 4.78 is 22.9. The second-order valence-electron chi connectivity index (χ2n) is 17.7. The van der Waals surface area contributed by atoms with Gasteiger partial charge < -0.3 is 60.0 Å². The molecule has 11 atom stereocenters. The number of carbonyl (C=O) groups excluding carboxylic acids is 10. The summed E-state index contributed by atoms with van der Waals surface area (Å²) in [5.41, 5.74) is 0.0538. The predicted molar refractivity (Wildman–Crippen MR) is 248 cm³/mol. The van der Waals surface area contributed by atoms with E-state index in [9.17, 15) is 53.1 Å². The molecule has 1 heterocycles. The fourth-order valence-corrected chi connectivity index (χ4v) is 7.09. The van der Waals surface area contributed by atoms with Crippen LogP contribution in [0.25, 0.3) is 0 Å². The lowest BCUT2D eigenvalue weighted by Gasteiger charge is -2.38. The molecule has 0 saturated carbocycles. The van der Waals surface area contributed by atoms with Crippen LogP contribution >= 0.6 is 0 Å². The molecule has 1 fully saturated rings. The molecule has 22 heteroatoms. The summed E-state index contributed by atoms with van der Waals surface area (Å²) in [7, 11) is 4.84. The summed E-state index contributed by atoms with van der Waals surface area (Å²) in [5.74, 6) is -11.1. The normalized spacial score (nSPS) is 25.0. The molecule has 22 nitrogen and oxygen atoms in total. The summed E-state index contributed by atoms with van der Waals surface area (Å²) in [4.78, 5) is 141. The van der Waals surface area contributed by atoms with Gasteiger partial charge in [-0.25, -0.2) is 14.4 Å². The van der Waals surface area contributed by atoms with Crippen LogP contribution in [0, 0.1) is 11.8 Å². The molecule has 5 N–H and O–H groups in total. The van der Waals surface area contributed by atoms with E-state index in [4.69, 9.17) is 18.9 Å². The molecule has 7 amide bonds. The Balaban J connectivity index is 2.90. The molecule has 1 aliphatic rings. The van der Waals surface area contributed by atoms with E-state index in [1.165, 1.54) is 62.9 Å². The number of esters is 3. The Labute approximate surface area is 403 Å². The van der Waals surface area contributed by atoms with E-state index in [0.717, 1.165) is 21.6 Å². The highest BCUT2D eigenvalue weighted by Crippen LogP contribution is 2.22. The summed E-state index contributed by atoms with van der Waals surface area (Å²) in [6.45, 7) is 17.9. The average Bonchev–Trinajstić information content (AvgIpc) is 3.30. The molecule has 0 aliphatic carbocycles. The summed E-state index contributed by atoms with van der Waals surface area (Å²) in [6, 6.07) is -1.31. The minimum absolute atomic E-state index is 0.0582. The van der Waals surface area contributed by atoms with E-state index < -0.39 is 144 Å². The van der Waals surface area contributed by atoms with Crippen molar-refractivity contribution in [1.29, 1.82) is 0 Å². The molecule has 69 heavy (non-hydrogen) atoms. The third kappa shape index (κ3) is 15.8. The number of amides is 7. The minimum atomic E-state index is -1.86. The number of likely N-dealkylation sites (N-methyl/N-ethyl adjacent to an activating group) is 3. The van der Waals surface area contributed by atoms with Crippen LogP contribution in [0.2, 0.25) is 0 Å². The number of nitrogens with one attached hydrogen (secondary N) is 4. The highest BCUT2D eigenvalue weighted by atomic mass is 16.6. The molecular formula is C47H71N7O15. The first kappa shape index (κ1) is 58.7. The van der Waals surface area contributed by atoms with Crippen molar-refractivity contribution in [3.8, 4) is 0 Å². The SMILES string of the molecule is C=C1C(=O)N[C@@H](C)C(=O)N(C)[C@@H](C)C(=O)N[C@@H]([C@H](OC(=O)[C@@H](NC(=O)CC)[C@H](O)C(C)C)C(C)C)C(=O)N(C)[C@@H]([C@@H](C)OC)C(=O)O[C@H](C)[C@H](NC(C)=O)C(=O)O[C@H](Cc2ccccc2)C(=O)N1C. The lowest BCUT2D eigenvalue weighted by Crippen LogP contribution is -2.63. The Morgan fingerprint density at radius 3 is 1.96 bits per heavy atom. The molecule has 0 spiro atoms. The number of hydrogen-bond donors (Lipinski definition) is 5. The number of hydrogen-bond acceptors (Lipinski definition) is 15. The van der Waals surface area contributed by atoms with Crippen LogP contribution in [0.4, 0.5) is 0 Å². The van der Waals surface area contributed by atoms with E-state index >= 15 is 0 Å². The van der Waals surface area contributed by atoms with Crippen molar-refractivity contribution in [3.63, 3.8) is 0 Å². The lowest BCUT2D eigenvalue weighted by molar-refractivity contribution is -0.174. The second-order valence-corrected chi connectivity index (χ2v) is 17.7. The van der Waals surface area contributed by atoms with Gasteiger partial charge in [0.25, 0.3) is 11.8 Å². The van der Waals surface area contributed by atoms with Crippen LogP contribution < -0.4 is 21.3 Å². The van der Waals surface area contributed by atoms with Crippen molar-refractivity contribution >= 4 is 59.3 Å². The highest BCUT2D eigenvalue weighted by Gasteiger charge is 2.46. The van der Waals surface area contributed by atoms with Crippen LogP contribution in [-0.2, 0) is 73.3 Å². The van der Waals surface area contributed by atoms with Crippen molar-refractivity contribution in [2.45, 2.75) is 149 Å². The number of benzene rings is 1. The Morgan fingerprint density at radius 1 is 0.841 bits per heavy atom. The number of rotatable bonds is 13. The molecule has 0 aromatic heterocycles. The molecule has 1 aromatic rings. The number of ether oxygens (including phenoxy) is 4. The van der Waals surface area contributed by atoms with Gasteiger partial charge >= 0.3 is 17.9 Å². The molecule has 1 aromatic carbocycles. The van der Waals surface area contributed by atoms with Gasteiger partial charge in [0.15, 0.2) is 24.2 Å². The minimum Gasteiger partial charge on any atom is -0.458 e. The molecule has 384 valence electrons. The molecule has 0 bridgehead atoms. The standard InChI is InChI=1S/C47H71N7O15/c1-16-33(56)50-35(38(57)23(2)3)46(64)69-39(24(4)5)36-44(62)54(14)37(29(10)66-15)47(65)67-28(9)34(49-30(11)55)45(63)68-32(22-31-20-18-17-19-21-31)43(61)53(13)26(7)40(58)48-25(6)42(60)52(12)27(8)41(59)51-36/h17-21,23-25,27-29,32,34-39,57H,7,16,22H2,1-6,8-15H3,(H,48,58)(H,49,55)(H,50,56)(H,51,59)/t25-,27-,28+,29+,32+,34-,35-,36-,37-,38+,39+/m0/s1. The van der Waals surface area contributed by atoms with Gasteiger partial charge in [0.1, 0.15) is 36.0 Å². The van der Waals surface area contributed by atoms with Crippen LogP contribution in [0.3, 0.4) is 0 Å². The maximum absolute atomic E-state index is 15.0. The maximum Gasteiger partial charge on any atom is 0.333 e. The van der Waals surface area contributed by atoms with Crippen molar-refractivity contribution in [2.24, 2.45) is 11.8 Å². The maximum atomic E-state index is 15.0. The van der Waals surface area contributed by atoms with Crippen LogP contribution in [-0.4, -0.2) is 174 Å². The molecule has 1 aliphatic heterocycles. The average molecular weight is 974 g/mol. The monoisotopic (exact) mass is 974 g/mol. The van der Waals surface area contributed by atoms with Crippen molar-refractivity contribution < 1.29 is 72.0 Å². The number of methoxy groups -OCH3 is 1. The van der Waals surface area contributed by atoms with Crippen LogP contribution in [0.5, 0.6) is 0 Å². The first-order valence-electron chi connectivity index (χ1n) is 22.6. The first-order chi connectivity index (χ1) is 32.1. The first-order valence-corrected chi connectivity index (χ1v) is 22.6. The van der Waals surface area contributed by atoms with Gasteiger partial charge in [-0.05, 0) is 45.1 Å². The third-order valence-electron chi connectivity index (χ3n) is 11.7. The molecular weight excluding hydrogens is 903 g/mol. The Kier molecular flexibility index (Phi) is 22.4. The van der Waals surface area contributed by atoms with Gasteiger partial charge in [0.05, 0.1) is 12.2 Å². The number of nitrogens with zero attached hydrogens (tertiary/aromatic N) is 3. The van der Waals surface area contributed by atoms with Crippen LogP contribution in [0.15, 0.2) is 42.6 Å². The number of aliphatic hydroxyl groups excluding tert-OH is 1. The zero-order chi connectivity index (χ0) is 52.8. The second kappa shape index (κ2) is 26.4. The fraction of sp³-hybridized carbons (Fsp3) is 0.617. The third-order valence-corrected chi connectivity index (χ3v) is 11.7. The van der Waals surface area contributed by atoms with E-state index in [2.05, 4.69) is 27.8 Å². The Hall–Kier alpha value is -6.42. The molecule has 1 saturated heterocycles. The van der Waals surface area contributed by atoms with E-state index in [1.807, 2.05) is 0 Å². The smallest absolute Gasteiger partial charge is 0.333 e. The van der Waals surface area contributed by atoms with Gasteiger partial charge in [-0.1, -0.05) is 71.5 Å². The fourth-order valence-electron chi connectivity index (χ4n) is 7.09. The summed E-state index contributed by atoms with van der Waals surface area (Å²) in [6.07, 6.45) is -7.74. The van der Waals surface area contributed by atoms with E-state index in [0.29, 0.717) is 5.56 Å². The summed E-state index contributed by atoms with van der Waals surface area (Å²) in [5, 5.41) is 20.9. The largest absolute Gasteiger partial charge is 0.458 e. The Bertz CT molecular complexity index is 2050. The quantitative estimate of drug-likeness (QED) is 0.0968. The van der Waals surface area contributed by atoms with Crippen molar-refractivity contribution in [1.82, 2.24) is 36.0 Å². The van der Waals surface area contributed by atoms with Gasteiger partial charge in [0.2, 0.25) is 29.5 Å².